The van der Waals surface area contributed by atoms with Crippen LogP contribution in [0, 0.1) is 5.82 Å². The number of piperazine rings is 1. The van der Waals surface area contributed by atoms with Crippen LogP contribution in [-0.2, 0) is 9.59 Å². The van der Waals surface area contributed by atoms with Gasteiger partial charge in [0.1, 0.15) is 11.6 Å². The number of para-hydroxylation sites is 1. The molecule has 0 atom stereocenters. The molecule has 0 radical (unpaired) electrons. The van der Waals surface area contributed by atoms with Crippen LogP contribution in [0.5, 0.6) is 5.75 Å². The van der Waals surface area contributed by atoms with Crippen LogP contribution < -0.4 is 15.0 Å². The lowest BCUT2D eigenvalue weighted by Crippen LogP contribution is -2.51. The summed E-state index contributed by atoms with van der Waals surface area (Å²) in [6.45, 7) is 3.23. The van der Waals surface area contributed by atoms with Gasteiger partial charge in [0.25, 0.3) is 0 Å². The van der Waals surface area contributed by atoms with Crippen LogP contribution in [0.1, 0.15) is 6.42 Å². The second kappa shape index (κ2) is 10.8. The van der Waals surface area contributed by atoms with E-state index in [1.807, 2.05) is 19.0 Å². The van der Waals surface area contributed by atoms with Crippen molar-refractivity contribution in [1.29, 1.82) is 0 Å². The average Bonchev–Trinajstić information content (AvgIpc) is 2.77. The van der Waals surface area contributed by atoms with Gasteiger partial charge < -0.3 is 24.8 Å². The minimum atomic E-state index is -0.681. The van der Waals surface area contributed by atoms with Crippen molar-refractivity contribution < 1.29 is 18.7 Å². The van der Waals surface area contributed by atoms with E-state index in [0.29, 0.717) is 49.9 Å². The number of anilines is 2. The summed E-state index contributed by atoms with van der Waals surface area (Å²) in [6, 6.07) is 13.5. The molecule has 1 aliphatic rings. The Kier molecular flexibility index (Phi) is 7.83. The number of nitrogens with one attached hydrogen (secondary N) is 1. The smallest absolute Gasteiger partial charge is 0.313 e. The first-order valence-electron chi connectivity index (χ1n) is 10.4. The van der Waals surface area contributed by atoms with Gasteiger partial charge in [-0.05, 0) is 56.9 Å². The van der Waals surface area contributed by atoms with E-state index >= 15 is 0 Å². The fourth-order valence-electron chi connectivity index (χ4n) is 3.39. The average molecular weight is 429 g/mol. The molecule has 166 valence electrons. The monoisotopic (exact) mass is 428 g/mol. The summed E-state index contributed by atoms with van der Waals surface area (Å²) < 4.78 is 19.6. The molecule has 8 heteroatoms. The topological polar surface area (TPSA) is 65.1 Å². The Hall–Kier alpha value is -3.13. The Bertz CT molecular complexity index is 881. The van der Waals surface area contributed by atoms with Crippen molar-refractivity contribution in [2.24, 2.45) is 0 Å². The lowest BCUT2D eigenvalue weighted by molar-refractivity contribution is -0.143. The van der Waals surface area contributed by atoms with E-state index in [9.17, 15) is 14.0 Å². The fraction of sp³-hybridized carbons (Fsp3) is 0.391. The molecule has 7 nitrogen and oxygen atoms in total. The maximum Gasteiger partial charge on any atom is 0.313 e. The van der Waals surface area contributed by atoms with Crippen LogP contribution in [0.3, 0.4) is 0 Å². The zero-order valence-corrected chi connectivity index (χ0v) is 18.0. The van der Waals surface area contributed by atoms with Crippen molar-refractivity contribution >= 4 is 23.2 Å². The molecule has 1 saturated heterocycles. The van der Waals surface area contributed by atoms with Crippen LogP contribution in [0.4, 0.5) is 15.8 Å². The third-order valence-corrected chi connectivity index (χ3v) is 5.08. The normalized spacial score (nSPS) is 13.9. The summed E-state index contributed by atoms with van der Waals surface area (Å²) in [4.78, 5) is 30.3. The summed E-state index contributed by atoms with van der Waals surface area (Å²) in [5.74, 6) is -0.839. The molecule has 31 heavy (non-hydrogen) atoms. The molecule has 1 heterocycles. The van der Waals surface area contributed by atoms with Crippen molar-refractivity contribution in [3.05, 3.63) is 54.3 Å². The second-order valence-electron chi connectivity index (χ2n) is 7.71. The highest BCUT2D eigenvalue weighted by Gasteiger charge is 2.27. The van der Waals surface area contributed by atoms with Gasteiger partial charge in [-0.1, -0.05) is 12.1 Å². The van der Waals surface area contributed by atoms with E-state index in [2.05, 4.69) is 10.2 Å². The Balaban J connectivity index is 1.45. The van der Waals surface area contributed by atoms with E-state index in [0.717, 1.165) is 13.0 Å². The highest BCUT2D eigenvalue weighted by Crippen LogP contribution is 2.20. The molecule has 1 N–H and O–H groups in total. The van der Waals surface area contributed by atoms with Gasteiger partial charge in [0.15, 0.2) is 0 Å². The molecule has 0 aromatic heterocycles. The van der Waals surface area contributed by atoms with Gasteiger partial charge in [0, 0.05) is 38.4 Å². The van der Waals surface area contributed by atoms with Gasteiger partial charge in [-0.3, -0.25) is 9.59 Å². The van der Waals surface area contributed by atoms with Crippen molar-refractivity contribution in [1.82, 2.24) is 9.80 Å². The van der Waals surface area contributed by atoms with Gasteiger partial charge in [-0.25, -0.2) is 4.39 Å². The highest BCUT2D eigenvalue weighted by atomic mass is 19.1. The first kappa shape index (κ1) is 22.6. The molecular formula is C23H29FN4O3. The molecule has 0 aliphatic carbocycles. The Morgan fingerprint density at radius 1 is 1.03 bits per heavy atom. The van der Waals surface area contributed by atoms with Crippen LogP contribution >= 0.6 is 0 Å². The Labute approximate surface area is 182 Å². The van der Waals surface area contributed by atoms with Crippen molar-refractivity contribution in [2.45, 2.75) is 6.42 Å². The molecule has 1 fully saturated rings. The fourth-order valence-corrected chi connectivity index (χ4v) is 3.39. The minimum absolute atomic E-state index is 0.287. The van der Waals surface area contributed by atoms with Crippen LogP contribution in [0.15, 0.2) is 48.5 Å². The van der Waals surface area contributed by atoms with Crippen LogP contribution in [-0.4, -0.2) is 75.0 Å². The maximum atomic E-state index is 14.0. The quantitative estimate of drug-likeness (QED) is 0.542. The molecule has 2 amide bonds. The molecule has 2 aromatic rings. The van der Waals surface area contributed by atoms with E-state index in [1.165, 1.54) is 11.0 Å². The maximum absolute atomic E-state index is 14.0. The predicted molar refractivity (Wildman–Crippen MR) is 119 cm³/mol. The number of benzene rings is 2. The van der Waals surface area contributed by atoms with Gasteiger partial charge in [-0.2, -0.15) is 0 Å². The van der Waals surface area contributed by atoms with E-state index in [4.69, 9.17) is 4.74 Å². The summed E-state index contributed by atoms with van der Waals surface area (Å²) in [7, 11) is 4.03. The van der Waals surface area contributed by atoms with Crippen molar-refractivity contribution in [3.63, 3.8) is 0 Å². The lowest BCUT2D eigenvalue weighted by atomic mass is 10.2. The highest BCUT2D eigenvalue weighted by molar-refractivity contribution is 6.39. The van der Waals surface area contributed by atoms with Gasteiger partial charge in [0.05, 0.1) is 12.3 Å². The number of carbonyl (C=O) groups is 2. The van der Waals surface area contributed by atoms with Gasteiger partial charge in [-0.15, -0.1) is 0 Å². The third kappa shape index (κ3) is 6.42. The van der Waals surface area contributed by atoms with E-state index in [-0.39, 0.29) is 5.82 Å². The van der Waals surface area contributed by atoms with Crippen LogP contribution in [0.2, 0.25) is 0 Å². The van der Waals surface area contributed by atoms with Crippen molar-refractivity contribution in [3.8, 4) is 5.75 Å². The number of nitrogens with zero attached hydrogens (tertiary/aromatic N) is 3. The minimum Gasteiger partial charge on any atom is -0.494 e. The summed E-state index contributed by atoms with van der Waals surface area (Å²) in [5, 5.41) is 2.63. The molecule has 2 aromatic carbocycles. The number of ether oxygens (including phenoxy) is 1. The number of halogens is 1. The zero-order chi connectivity index (χ0) is 22.2. The molecule has 3 rings (SSSR count). The summed E-state index contributed by atoms with van der Waals surface area (Å²) in [5.41, 5.74) is 1.05. The number of carbonyl (C=O) groups excluding carboxylic acids is 2. The SMILES string of the molecule is CN(C)CCCOc1ccc(NC(=O)C(=O)N2CCN(c3ccccc3F)CC2)cc1. The molecular weight excluding hydrogens is 399 g/mol. The Morgan fingerprint density at radius 3 is 2.35 bits per heavy atom. The molecule has 0 bridgehead atoms. The number of hydrogen-bond acceptors (Lipinski definition) is 5. The summed E-state index contributed by atoms with van der Waals surface area (Å²) in [6.07, 6.45) is 0.921. The van der Waals surface area contributed by atoms with E-state index in [1.54, 1.807) is 42.5 Å². The molecule has 0 saturated carbocycles. The van der Waals surface area contributed by atoms with E-state index < -0.39 is 11.8 Å². The lowest BCUT2D eigenvalue weighted by Gasteiger charge is -2.35. The molecule has 0 unspecified atom stereocenters. The molecule has 1 aliphatic heterocycles. The largest absolute Gasteiger partial charge is 0.494 e. The third-order valence-electron chi connectivity index (χ3n) is 5.08. The number of rotatable bonds is 7. The summed E-state index contributed by atoms with van der Waals surface area (Å²) >= 11 is 0. The first-order valence-corrected chi connectivity index (χ1v) is 10.4. The zero-order valence-electron chi connectivity index (χ0n) is 18.0. The Morgan fingerprint density at radius 2 is 1.71 bits per heavy atom. The first-order chi connectivity index (χ1) is 14.9. The van der Waals surface area contributed by atoms with Crippen LogP contribution in [0.25, 0.3) is 0 Å². The number of hydrogen-bond donors (Lipinski definition) is 1. The standard InChI is InChI=1S/C23H29FN4O3/c1-26(2)12-5-17-31-19-10-8-18(9-11-19)25-22(29)23(30)28-15-13-27(14-16-28)21-7-4-3-6-20(21)24/h3-4,6-11H,5,12-17H2,1-2H3,(H,25,29). The second-order valence-corrected chi connectivity index (χ2v) is 7.71. The predicted octanol–water partition coefficient (Wildman–Crippen LogP) is 2.44. The molecule has 0 spiro atoms. The van der Waals surface area contributed by atoms with Gasteiger partial charge in [0.2, 0.25) is 0 Å². The number of amides is 2. The van der Waals surface area contributed by atoms with Crippen molar-refractivity contribution in [2.75, 3.05) is 63.6 Å². The van der Waals surface area contributed by atoms with Gasteiger partial charge >= 0.3 is 11.8 Å².